The molecule has 29 heavy (non-hydrogen) atoms. The SMILES string of the molecule is O=C1[C@@H]2[C@H]3CCCN3[C@@]3(C(=O)Nc4ccccc43)[C@H]2C(=O)N1c1ccc(F)cc1. The van der Waals surface area contributed by atoms with Crippen LogP contribution in [0.3, 0.4) is 0 Å². The lowest BCUT2D eigenvalue weighted by atomic mass is 9.75. The van der Waals surface area contributed by atoms with E-state index in [1.165, 1.54) is 24.3 Å². The molecule has 4 atom stereocenters. The Morgan fingerprint density at radius 3 is 2.55 bits per heavy atom. The highest BCUT2D eigenvalue weighted by Crippen LogP contribution is 2.60. The van der Waals surface area contributed by atoms with Gasteiger partial charge in [-0.1, -0.05) is 18.2 Å². The minimum Gasteiger partial charge on any atom is -0.324 e. The fourth-order valence-electron chi connectivity index (χ4n) is 6.00. The Balaban J connectivity index is 1.55. The number of benzene rings is 2. The number of fused-ring (bicyclic) bond motifs is 7. The number of hydrogen-bond acceptors (Lipinski definition) is 4. The molecular formula is C22H18FN3O3. The molecule has 2 aromatic carbocycles. The van der Waals surface area contributed by atoms with E-state index < -0.39 is 23.2 Å². The first-order chi connectivity index (χ1) is 14.0. The Hall–Kier alpha value is -3.06. The number of carbonyl (C=O) groups excluding carboxylic acids is 3. The van der Waals surface area contributed by atoms with E-state index in [9.17, 15) is 18.8 Å². The molecule has 1 N–H and O–H groups in total. The van der Waals surface area contributed by atoms with E-state index in [1.54, 1.807) is 0 Å². The van der Waals surface area contributed by atoms with Gasteiger partial charge in [-0.2, -0.15) is 0 Å². The summed E-state index contributed by atoms with van der Waals surface area (Å²) in [7, 11) is 0. The van der Waals surface area contributed by atoms with Crippen molar-refractivity contribution in [1.29, 1.82) is 0 Å². The Labute approximate surface area is 166 Å². The summed E-state index contributed by atoms with van der Waals surface area (Å²) in [5.41, 5.74) is 0.655. The van der Waals surface area contributed by atoms with Crippen LogP contribution in [0.2, 0.25) is 0 Å². The summed E-state index contributed by atoms with van der Waals surface area (Å²) in [6.07, 6.45) is 1.65. The fourth-order valence-corrected chi connectivity index (χ4v) is 6.00. The first-order valence-corrected chi connectivity index (χ1v) is 9.86. The van der Waals surface area contributed by atoms with Crippen molar-refractivity contribution in [2.45, 2.75) is 24.4 Å². The number of carbonyl (C=O) groups is 3. The normalized spacial score (nSPS) is 32.7. The summed E-state index contributed by atoms with van der Waals surface area (Å²) in [5, 5.41) is 2.94. The lowest BCUT2D eigenvalue weighted by Crippen LogP contribution is -2.54. The zero-order valence-electron chi connectivity index (χ0n) is 15.5. The number of halogens is 1. The molecule has 3 fully saturated rings. The minimum atomic E-state index is -1.16. The molecule has 3 amide bonds. The fraction of sp³-hybridized carbons (Fsp3) is 0.318. The Kier molecular flexibility index (Phi) is 3.20. The van der Waals surface area contributed by atoms with Crippen LogP contribution in [0.1, 0.15) is 18.4 Å². The van der Waals surface area contributed by atoms with Crippen LogP contribution in [0, 0.1) is 17.7 Å². The van der Waals surface area contributed by atoms with Gasteiger partial charge in [-0.05, 0) is 49.7 Å². The molecule has 6 rings (SSSR count). The van der Waals surface area contributed by atoms with Gasteiger partial charge in [-0.3, -0.25) is 19.3 Å². The second-order valence-electron chi connectivity index (χ2n) is 8.16. The molecule has 0 bridgehead atoms. The molecule has 0 aromatic heterocycles. The van der Waals surface area contributed by atoms with Crippen LogP contribution < -0.4 is 10.2 Å². The predicted molar refractivity (Wildman–Crippen MR) is 102 cm³/mol. The largest absolute Gasteiger partial charge is 0.324 e. The quantitative estimate of drug-likeness (QED) is 0.757. The number of nitrogens with one attached hydrogen (secondary N) is 1. The van der Waals surface area contributed by atoms with Gasteiger partial charge in [0.2, 0.25) is 17.7 Å². The van der Waals surface area contributed by atoms with E-state index in [0.29, 0.717) is 17.9 Å². The second kappa shape index (κ2) is 5.51. The number of imide groups is 1. The Bertz CT molecular complexity index is 1080. The van der Waals surface area contributed by atoms with Crippen LogP contribution in [-0.2, 0) is 19.9 Å². The van der Waals surface area contributed by atoms with Crippen molar-refractivity contribution in [1.82, 2.24) is 4.90 Å². The summed E-state index contributed by atoms with van der Waals surface area (Å²) < 4.78 is 13.4. The molecule has 3 saturated heterocycles. The molecule has 4 aliphatic heterocycles. The minimum absolute atomic E-state index is 0.154. The van der Waals surface area contributed by atoms with Crippen LogP contribution in [-0.4, -0.2) is 35.2 Å². The second-order valence-corrected chi connectivity index (χ2v) is 8.16. The van der Waals surface area contributed by atoms with Gasteiger partial charge < -0.3 is 5.32 Å². The van der Waals surface area contributed by atoms with Gasteiger partial charge in [0.15, 0.2) is 0 Å². The number of para-hydroxylation sites is 1. The summed E-state index contributed by atoms with van der Waals surface area (Å²) >= 11 is 0. The summed E-state index contributed by atoms with van der Waals surface area (Å²) in [6.45, 7) is 0.677. The van der Waals surface area contributed by atoms with E-state index in [4.69, 9.17) is 0 Å². The monoisotopic (exact) mass is 391 g/mol. The van der Waals surface area contributed by atoms with Crippen molar-refractivity contribution in [3.05, 3.63) is 59.9 Å². The summed E-state index contributed by atoms with van der Waals surface area (Å²) in [6, 6.07) is 12.6. The molecular weight excluding hydrogens is 373 g/mol. The lowest BCUT2D eigenvalue weighted by molar-refractivity contribution is -0.135. The zero-order valence-corrected chi connectivity index (χ0v) is 15.5. The van der Waals surface area contributed by atoms with Crippen LogP contribution in [0.5, 0.6) is 0 Å². The van der Waals surface area contributed by atoms with Gasteiger partial charge in [0.1, 0.15) is 11.4 Å². The molecule has 7 heteroatoms. The highest BCUT2D eigenvalue weighted by molar-refractivity contribution is 6.25. The molecule has 0 unspecified atom stereocenters. The van der Waals surface area contributed by atoms with Gasteiger partial charge in [-0.15, -0.1) is 0 Å². The summed E-state index contributed by atoms with van der Waals surface area (Å²) in [5.74, 6) is -2.71. The van der Waals surface area contributed by atoms with Gasteiger partial charge in [-0.25, -0.2) is 9.29 Å². The third-order valence-corrected chi connectivity index (χ3v) is 6.98. The first kappa shape index (κ1) is 16.9. The van der Waals surface area contributed by atoms with Crippen molar-refractivity contribution < 1.29 is 18.8 Å². The predicted octanol–water partition coefficient (Wildman–Crippen LogP) is 2.26. The maximum Gasteiger partial charge on any atom is 0.250 e. The Morgan fingerprint density at radius 1 is 1.00 bits per heavy atom. The maximum absolute atomic E-state index is 13.6. The maximum atomic E-state index is 13.6. The molecule has 0 saturated carbocycles. The third kappa shape index (κ3) is 1.86. The van der Waals surface area contributed by atoms with E-state index >= 15 is 0 Å². The molecule has 2 aromatic rings. The van der Waals surface area contributed by atoms with Gasteiger partial charge in [0, 0.05) is 17.3 Å². The highest BCUT2D eigenvalue weighted by atomic mass is 19.1. The average molecular weight is 391 g/mol. The third-order valence-electron chi connectivity index (χ3n) is 6.98. The molecule has 1 spiro atoms. The smallest absolute Gasteiger partial charge is 0.250 e. The van der Waals surface area contributed by atoms with Gasteiger partial charge >= 0.3 is 0 Å². The number of rotatable bonds is 1. The van der Waals surface area contributed by atoms with Crippen LogP contribution in [0.25, 0.3) is 0 Å². The van der Waals surface area contributed by atoms with Crippen molar-refractivity contribution in [2.75, 3.05) is 16.8 Å². The molecule has 0 aliphatic carbocycles. The molecule has 4 heterocycles. The molecule has 0 radical (unpaired) electrons. The van der Waals surface area contributed by atoms with E-state index in [1.807, 2.05) is 24.3 Å². The first-order valence-electron chi connectivity index (χ1n) is 9.86. The van der Waals surface area contributed by atoms with Crippen molar-refractivity contribution in [2.24, 2.45) is 11.8 Å². The number of anilines is 2. The molecule has 4 aliphatic rings. The van der Waals surface area contributed by atoms with Crippen molar-refractivity contribution in [3.8, 4) is 0 Å². The highest BCUT2D eigenvalue weighted by Gasteiger charge is 2.74. The van der Waals surface area contributed by atoms with E-state index in [0.717, 1.165) is 23.3 Å². The van der Waals surface area contributed by atoms with Crippen LogP contribution in [0.15, 0.2) is 48.5 Å². The zero-order chi connectivity index (χ0) is 19.9. The molecule has 146 valence electrons. The number of amides is 3. The number of hydrogen-bond donors (Lipinski definition) is 1. The molecule has 6 nitrogen and oxygen atoms in total. The van der Waals surface area contributed by atoms with Crippen LogP contribution in [0.4, 0.5) is 15.8 Å². The van der Waals surface area contributed by atoms with E-state index in [2.05, 4.69) is 10.2 Å². The Morgan fingerprint density at radius 2 is 1.76 bits per heavy atom. The summed E-state index contributed by atoms with van der Waals surface area (Å²) in [4.78, 5) is 43.7. The standard InChI is InChI=1S/C22H18FN3O3/c23-12-7-9-13(10-8-12)26-19(27)17-16-6-3-11-25(16)22(18(17)20(26)28)14-4-1-2-5-15(14)24-21(22)29/h1-2,4-5,7-10,16-18H,3,6,11H2,(H,24,29)/t16-,17-,18-,22-/m1/s1. The topological polar surface area (TPSA) is 69.7 Å². The van der Waals surface area contributed by atoms with Gasteiger partial charge in [0.25, 0.3) is 0 Å². The lowest BCUT2D eigenvalue weighted by Gasteiger charge is -2.36. The number of nitrogens with zero attached hydrogens (tertiary/aromatic N) is 2. The van der Waals surface area contributed by atoms with E-state index in [-0.39, 0.29) is 23.8 Å². The van der Waals surface area contributed by atoms with Gasteiger partial charge in [0.05, 0.1) is 17.5 Å². The van der Waals surface area contributed by atoms with Crippen molar-refractivity contribution >= 4 is 29.1 Å². The van der Waals surface area contributed by atoms with Crippen molar-refractivity contribution in [3.63, 3.8) is 0 Å². The van der Waals surface area contributed by atoms with Crippen LogP contribution >= 0.6 is 0 Å². The average Bonchev–Trinajstić information content (AvgIpc) is 3.41.